The lowest BCUT2D eigenvalue weighted by molar-refractivity contribution is -0.130. The number of benzene rings is 1. The number of fused-ring (bicyclic) bond motifs is 1. The van der Waals surface area contributed by atoms with Crippen molar-refractivity contribution in [1.29, 1.82) is 0 Å². The molecule has 1 atom stereocenters. The third-order valence-corrected chi connectivity index (χ3v) is 5.66. The van der Waals surface area contributed by atoms with Gasteiger partial charge in [0.05, 0.1) is 17.1 Å². The van der Waals surface area contributed by atoms with E-state index in [1.807, 2.05) is 36.6 Å². The molecule has 1 aromatic carbocycles. The first kappa shape index (κ1) is 21.4. The van der Waals surface area contributed by atoms with Crippen molar-refractivity contribution in [3.05, 3.63) is 48.0 Å². The summed E-state index contributed by atoms with van der Waals surface area (Å²) in [7, 11) is 0. The highest BCUT2D eigenvalue weighted by Gasteiger charge is 2.34. The Hall–Kier alpha value is -3.79. The van der Waals surface area contributed by atoms with E-state index in [1.54, 1.807) is 18.3 Å². The second-order valence-electron chi connectivity index (χ2n) is 7.10. The zero-order valence-electron chi connectivity index (χ0n) is 17.5. The van der Waals surface area contributed by atoms with Gasteiger partial charge < -0.3 is 4.74 Å². The van der Waals surface area contributed by atoms with Crippen LogP contribution in [0.15, 0.2) is 48.0 Å². The number of ether oxygens (including phenoxy) is 1. The monoisotopic (exact) mass is 451 g/mol. The van der Waals surface area contributed by atoms with Gasteiger partial charge in [0.2, 0.25) is 5.91 Å². The van der Waals surface area contributed by atoms with Crippen LogP contribution in [-0.2, 0) is 14.4 Å². The van der Waals surface area contributed by atoms with E-state index in [1.165, 1.54) is 23.2 Å². The first-order valence-electron chi connectivity index (χ1n) is 10.0. The number of aromatic nitrogens is 2. The lowest BCUT2D eigenvalue weighted by Crippen LogP contribution is -2.52. The maximum absolute atomic E-state index is 12.9. The van der Waals surface area contributed by atoms with Crippen LogP contribution in [0, 0.1) is 0 Å². The molecule has 0 radical (unpaired) electrons. The summed E-state index contributed by atoms with van der Waals surface area (Å²) in [5, 5.41) is 2.70. The minimum absolute atomic E-state index is 0.258. The summed E-state index contributed by atoms with van der Waals surface area (Å²) in [6.07, 6.45) is 1.49. The van der Waals surface area contributed by atoms with Crippen molar-refractivity contribution in [2.45, 2.75) is 26.4 Å². The van der Waals surface area contributed by atoms with Gasteiger partial charge >= 0.3 is 0 Å². The summed E-state index contributed by atoms with van der Waals surface area (Å²) >= 11 is 1.47. The quantitative estimate of drug-likeness (QED) is 0.577. The maximum Gasteiger partial charge on any atom is 0.268 e. The van der Waals surface area contributed by atoms with E-state index in [4.69, 9.17) is 4.74 Å². The van der Waals surface area contributed by atoms with Crippen LogP contribution < -0.4 is 20.5 Å². The smallest absolute Gasteiger partial charge is 0.268 e. The Labute approximate surface area is 188 Å². The zero-order chi connectivity index (χ0) is 22.7. The standard InChI is InChI=1S/C22H21N5O4S/c1-3-18-22(30)27(11-20(29)26-25-13(2)28)17-10-14(7-8-19(17)31-18)16-12-32-21(24-16)15-6-4-5-9-23-15/h4-10,12,18H,3,11H2,1-2H3,(H,25,28)(H,26,29). The molecule has 164 valence electrons. The number of anilines is 1. The fourth-order valence-corrected chi connectivity index (χ4v) is 4.06. The normalized spacial score (nSPS) is 15.0. The Balaban J connectivity index is 1.65. The third-order valence-electron chi connectivity index (χ3n) is 4.79. The number of carbonyl (C=O) groups excluding carboxylic acids is 3. The third kappa shape index (κ3) is 4.45. The molecule has 2 N–H and O–H groups in total. The highest BCUT2D eigenvalue weighted by Crippen LogP contribution is 2.38. The molecule has 0 saturated heterocycles. The molecule has 1 unspecified atom stereocenters. The maximum atomic E-state index is 12.9. The van der Waals surface area contributed by atoms with Gasteiger partial charge in [-0.05, 0) is 36.8 Å². The number of carbonyl (C=O) groups is 3. The van der Waals surface area contributed by atoms with Crippen molar-refractivity contribution < 1.29 is 19.1 Å². The highest BCUT2D eigenvalue weighted by atomic mass is 32.1. The van der Waals surface area contributed by atoms with Crippen molar-refractivity contribution >= 4 is 34.7 Å². The van der Waals surface area contributed by atoms with Crippen LogP contribution in [0.25, 0.3) is 22.0 Å². The average molecular weight is 452 g/mol. The van der Waals surface area contributed by atoms with Gasteiger partial charge in [-0.25, -0.2) is 4.98 Å². The van der Waals surface area contributed by atoms with Crippen molar-refractivity contribution in [3.63, 3.8) is 0 Å². The molecule has 2 aromatic heterocycles. The van der Waals surface area contributed by atoms with E-state index in [0.29, 0.717) is 17.9 Å². The fourth-order valence-electron chi connectivity index (χ4n) is 3.26. The Kier molecular flexibility index (Phi) is 6.13. The topological polar surface area (TPSA) is 114 Å². The lowest BCUT2D eigenvalue weighted by Gasteiger charge is -2.34. The van der Waals surface area contributed by atoms with E-state index in [0.717, 1.165) is 22.0 Å². The molecule has 3 aromatic rings. The van der Waals surface area contributed by atoms with Crippen LogP contribution in [0.2, 0.25) is 0 Å². The minimum Gasteiger partial charge on any atom is -0.478 e. The van der Waals surface area contributed by atoms with Gasteiger partial charge in [-0.15, -0.1) is 11.3 Å². The molecule has 32 heavy (non-hydrogen) atoms. The van der Waals surface area contributed by atoms with Gasteiger partial charge in [0.1, 0.15) is 17.3 Å². The van der Waals surface area contributed by atoms with Crippen LogP contribution in [0.4, 0.5) is 5.69 Å². The molecule has 1 aliphatic rings. The van der Waals surface area contributed by atoms with Gasteiger partial charge in [-0.1, -0.05) is 13.0 Å². The summed E-state index contributed by atoms with van der Waals surface area (Å²) in [6, 6.07) is 11.1. The molecule has 4 rings (SSSR count). The summed E-state index contributed by atoms with van der Waals surface area (Å²) in [5.74, 6) is -0.740. The number of pyridine rings is 1. The molecule has 1 aliphatic heterocycles. The number of rotatable bonds is 5. The van der Waals surface area contributed by atoms with Crippen LogP contribution >= 0.6 is 11.3 Å². The Morgan fingerprint density at radius 2 is 2.03 bits per heavy atom. The first-order chi connectivity index (χ1) is 15.5. The first-order valence-corrected chi connectivity index (χ1v) is 10.9. The number of thiazole rings is 1. The molecular formula is C22H21N5O4S. The Morgan fingerprint density at radius 3 is 2.75 bits per heavy atom. The van der Waals surface area contributed by atoms with Gasteiger partial charge in [-0.3, -0.25) is 35.1 Å². The van der Waals surface area contributed by atoms with Crippen LogP contribution in [0.5, 0.6) is 5.75 Å². The van der Waals surface area contributed by atoms with Crippen LogP contribution in [0.1, 0.15) is 20.3 Å². The van der Waals surface area contributed by atoms with Crippen molar-refractivity contribution in [2.24, 2.45) is 0 Å². The van der Waals surface area contributed by atoms with Crippen molar-refractivity contribution in [3.8, 4) is 27.7 Å². The molecule has 3 amide bonds. The van der Waals surface area contributed by atoms with Gasteiger partial charge in [0.15, 0.2) is 6.10 Å². The summed E-state index contributed by atoms with van der Waals surface area (Å²) in [6.45, 7) is 2.86. The Bertz CT molecular complexity index is 1160. The van der Waals surface area contributed by atoms with Crippen LogP contribution in [-0.4, -0.2) is 40.3 Å². The Morgan fingerprint density at radius 1 is 1.19 bits per heavy atom. The second kappa shape index (κ2) is 9.15. The second-order valence-corrected chi connectivity index (χ2v) is 7.96. The predicted octanol–water partition coefficient (Wildman–Crippen LogP) is 2.54. The number of nitrogens with one attached hydrogen (secondary N) is 2. The highest BCUT2D eigenvalue weighted by molar-refractivity contribution is 7.13. The van der Waals surface area contributed by atoms with Gasteiger partial charge in [0, 0.05) is 24.1 Å². The summed E-state index contributed by atoms with van der Waals surface area (Å²) < 4.78 is 5.85. The van der Waals surface area contributed by atoms with Crippen molar-refractivity contribution in [2.75, 3.05) is 11.4 Å². The lowest BCUT2D eigenvalue weighted by atomic mass is 10.1. The molecule has 9 nitrogen and oxygen atoms in total. The molecule has 3 heterocycles. The summed E-state index contributed by atoms with van der Waals surface area (Å²) in [5.41, 5.74) is 7.28. The molecule has 0 saturated carbocycles. The molecule has 0 aliphatic carbocycles. The number of hydrogen-bond donors (Lipinski definition) is 2. The molecule has 0 fully saturated rings. The largest absolute Gasteiger partial charge is 0.478 e. The number of nitrogens with zero attached hydrogens (tertiary/aromatic N) is 3. The van der Waals surface area contributed by atoms with E-state index in [9.17, 15) is 14.4 Å². The average Bonchev–Trinajstić information content (AvgIpc) is 3.30. The molecule has 0 spiro atoms. The van der Waals surface area contributed by atoms with E-state index >= 15 is 0 Å². The molecular weight excluding hydrogens is 430 g/mol. The predicted molar refractivity (Wildman–Crippen MR) is 120 cm³/mol. The van der Waals surface area contributed by atoms with E-state index in [2.05, 4.69) is 20.8 Å². The van der Waals surface area contributed by atoms with Gasteiger partial charge in [-0.2, -0.15) is 0 Å². The minimum atomic E-state index is -0.683. The zero-order valence-corrected chi connectivity index (χ0v) is 18.3. The van der Waals surface area contributed by atoms with E-state index < -0.39 is 17.9 Å². The molecule has 10 heteroatoms. The van der Waals surface area contributed by atoms with Gasteiger partial charge in [0.25, 0.3) is 11.8 Å². The number of amides is 3. The fraction of sp³-hybridized carbons (Fsp3) is 0.227. The molecule has 0 bridgehead atoms. The van der Waals surface area contributed by atoms with Crippen LogP contribution in [0.3, 0.4) is 0 Å². The number of hydrogen-bond acceptors (Lipinski definition) is 7. The summed E-state index contributed by atoms with van der Waals surface area (Å²) in [4.78, 5) is 46.7. The number of hydrazine groups is 1. The van der Waals surface area contributed by atoms with Crippen molar-refractivity contribution in [1.82, 2.24) is 20.8 Å². The SMILES string of the molecule is CCC1Oc2ccc(-c3csc(-c4ccccn4)n3)cc2N(CC(=O)NNC(C)=O)C1=O. The van der Waals surface area contributed by atoms with E-state index in [-0.39, 0.29) is 12.5 Å².